The zero-order valence-electron chi connectivity index (χ0n) is 12.8. The lowest BCUT2D eigenvalue weighted by Crippen LogP contribution is -2.30. The number of nitrogens with one attached hydrogen (secondary N) is 1. The summed E-state index contributed by atoms with van der Waals surface area (Å²) in [6.07, 6.45) is 4.19. The summed E-state index contributed by atoms with van der Waals surface area (Å²) in [7, 11) is 1.99. The van der Waals surface area contributed by atoms with E-state index in [-0.39, 0.29) is 0 Å². The van der Waals surface area contributed by atoms with E-state index in [2.05, 4.69) is 58.5 Å². The Morgan fingerprint density at radius 1 is 1.19 bits per heavy atom. The van der Waals surface area contributed by atoms with Crippen LogP contribution in [-0.4, -0.2) is 18.6 Å². The van der Waals surface area contributed by atoms with Gasteiger partial charge in [0.25, 0.3) is 0 Å². The highest BCUT2D eigenvalue weighted by Gasteiger charge is 2.16. The Morgan fingerprint density at radius 3 is 2.67 bits per heavy atom. The van der Waals surface area contributed by atoms with Gasteiger partial charge in [0, 0.05) is 19.1 Å². The molecule has 0 aliphatic carbocycles. The van der Waals surface area contributed by atoms with Crippen molar-refractivity contribution in [2.24, 2.45) is 0 Å². The quantitative estimate of drug-likeness (QED) is 0.932. The van der Waals surface area contributed by atoms with Crippen molar-refractivity contribution in [1.82, 2.24) is 10.3 Å². The first-order valence-corrected chi connectivity index (χ1v) is 7.76. The van der Waals surface area contributed by atoms with Crippen LogP contribution in [0.25, 0.3) is 0 Å². The molecule has 0 fully saturated rings. The molecule has 2 aromatic rings. The molecule has 1 unspecified atom stereocenters. The van der Waals surface area contributed by atoms with Crippen LogP contribution < -0.4 is 10.2 Å². The van der Waals surface area contributed by atoms with Crippen LogP contribution in [0.2, 0.25) is 0 Å². The van der Waals surface area contributed by atoms with Crippen LogP contribution in [0.1, 0.15) is 36.2 Å². The van der Waals surface area contributed by atoms with Gasteiger partial charge in [0.05, 0.1) is 17.6 Å². The number of anilines is 1. The molecule has 3 nitrogen and oxygen atoms in total. The summed E-state index contributed by atoms with van der Waals surface area (Å²) in [6.45, 7) is 4.24. The van der Waals surface area contributed by atoms with E-state index < -0.39 is 0 Å². The maximum absolute atomic E-state index is 4.65. The first kappa shape index (κ1) is 14.1. The van der Waals surface area contributed by atoms with E-state index in [4.69, 9.17) is 0 Å². The fraction of sp³-hybridized carbons (Fsp3) is 0.389. The molecular formula is C18H23N3. The zero-order valence-corrected chi connectivity index (χ0v) is 12.8. The second kappa shape index (κ2) is 6.27. The van der Waals surface area contributed by atoms with Crippen molar-refractivity contribution in [2.45, 2.75) is 32.4 Å². The SMILES string of the molecule is CCC(NC)c1ccc(N2CCc3ccccc3C2)cn1. The number of benzene rings is 1. The lowest BCUT2D eigenvalue weighted by atomic mass is 9.99. The van der Waals surface area contributed by atoms with E-state index in [0.29, 0.717) is 6.04 Å². The van der Waals surface area contributed by atoms with E-state index >= 15 is 0 Å². The highest BCUT2D eigenvalue weighted by Crippen LogP contribution is 2.25. The van der Waals surface area contributed by atoms with E-state index in [9.17, 15) is 0 Å². The van der Waals surface area contributed by atoms with Gasteiger partial charge in [0.15, 0.2) is 0 Å². The third-order valence-electron chi connectivity index (χ3n) is 4.38. The van der Waals surface area contributed by atoms with E-state index in [0.717, 1.165) is 31.6 Å². The fourth-order valence-electron chi connectivity index (χ4n) is 3.07. The Hall–Kier alpha value is -1.87. The molecule has 1 atom stereocenters. The van der Waals surface area contributed by atoms with Crippen LogP contribution in [0.3, 0.4) is 0 Å². The van der Waals surface area contributed by atoms with Crippen LogP contribution in [-0.2, 0) is 13.0 Å². The van der Waals surface area contributed by atoms with Gasteiger partial charge < -0.3 is 10.2 Å². The maximum Gasteiger partial charge on any atom is 0.0574 e. The van der Waals surface area contributed by atoms with Crippen LogP contribution in [0.15, 0.2) is 42.6 Å². The third kappa shape index (κ3) is 2.93. The largest absolute Gasteiger partial charge is 0.366 e. The number of rotatable bonds is 4. The van der Waals surface area contributed by atoms with Gasteiger partial charge in [-0.15, -0.1) is 0 Å². The summed E-state index contributed by atoms with van der Waals surface area (Å²) in [5, 5.41) is 3.30. The van der Waals surface area contributed by atoms with Crippen molar-refractivity contribution < 1.29 is 0 Å². The van der Waals surface area contributed by atoms with Gasteiger partial charge in [-0.25, -0.2) is 0 Å². The predicted molar refractivity (Wildman–Crippen MR) is 87.5 cm³/mol. The van der Waals surface area contributed by atoms with Crippen molar-refractivity contribution in [2.75, 3.05) is 18.5 Å². The molecule has 1 N–H and O–H groups in total. The Balaban J connectivity index is 1.76. The van der Waals surface area contributed by atoms with E-state index in [1.54, 1.807) is 0 Å². The number of hydrogen-bond donors (Lipinski definition) is 1. The Labute approximate surface area is 127 Å². The molecule has 1 aromatic heterocycles. The van der Waals surface area contributed by atoms with Crippen molar-refractivity contribution in [1.29, 1.82) is 0 Å². The normalized spacial score (nSPS) is 15.6. The molecule has 0 saturated carbocycles. The number of pyridine rings is 1. The highest BCUT2D eigenvalue weighted by molar-refractivity contribution is 5.48. The summed E-state index contributed by atoms with van der Waals surface area (Å²) in [6, 6.07) is 13.4. The van der Waals surface area contributed by atoms with Crippen LogP contribution in [0.5, 0.6) is 0 Å². The Bertz CT molecular complexity index is 588. The Morgan fingerprint density at radius 2 is 2.00 bits per heavy atom. The zero-order chi connectivity index (χ0) is 14.7. The van der Waals surface area contributed by atoms with E-state index in [1.165, 1.54) is 16.8 Å². The molecule has 0 bridgehead atoms. The number of fused-ring (bicyclic) bond motifs is 1. The molecule has 0 saturated heterocycles. The number of nitrogens with zero attached hydrogens (tertiary/aromatic N) is 2. The molecule has 21 heavy (non-hydrogen) atoms. The summed E-state index contributed by atoms with van der Waals surface area (Å²) >= 11 is 0. The summed E-state index contributed by atoms with van der Waals surface area (Å²) in [4.78, 5) is 7.06. The molecule has 3 heteroatoms. The minimum absolute atomic E-state index is 0.348. The van der Waals surface area contributed by atoms with Crippen LogP contribution in [0, 0.1) is 0 Å². The van der Waals surface area contributed by atoms with Gasteiger partial charge in [-0.1, -0.05) is 31.2 Å². The molecule has 0 amide bonds. The molecule has 1 aliphatic rings. The van der Waals surface area contributed by atoms with Gasteiger partial charge in [0.1, 0.15) is 0 Å². The monoisotopic (exact) mass is 281 g/mol. The number of aromatic nitrogens is 1. The lowest BCUT2D eigenvalue weighted by Gasteiger charge is -2.30. The van der Waals surface area contributed by atoms with Gasteiger partial charge in [-0.2, -0.15) is 0 Å². The van der Waals surface area contributed by atoms with Crippen molar-refractivity contribution in [3.8, 4) is 0 Å². The minimum atomic E-state index is 0.348. The standard InChI is InChI=1S/C18H23N3/c1-3-17(19-2)18-9-8-16(12-20-18)21-11-10-14-6-4-5-7-15(14)13-21/h4-9,12,17,19H,3,10-11,13H2,1-2H3. The van der Waals surface area contributed by atoms with Crippen molar-refractivity contribution >= 4 is 5.69 Å². The van der Waals surface area contributed by atoms with E-state index in [1.807, 2.05) is 13.2 Å². The smallest absolute Gasteiger partial charge is 0.0574 e. The fourth-order valence-corrected chi connectivity index (χ4v) is 3.07. The molecule has 110 valence electrons. The second-order valence-corrected chi connectivity index (χ2v) is 5.63. The maximum atomic E-state index is 4.65. The van der Waals surface area contributed by atoms with Gasteiger partial charge in [-0.3, -0.25) is 4.98 Å². The number of hydrogen-bond acceptors (Lipinski definition) is 3. The Kier molecular flexibility index (Phi) is 4.20. The van der Waals surface area contributed by atoms with Gasteiger partial charge in [0.2, 0.25) is 0 Å². The lowest BCUT2D eigenvalue weighted by molar-refractivity contribution is 0.561. The van der Waals surface area contributed by atoms with Crippen LogP contribution in [0.4, 0.5) is 5.69 Å². The van der Waals surface area contributed by atoms with Crippen molar-refractivity contribution in [3.05, 3.63) is 59.4 Å². The van der Waals surface area contributed by atoms with Gasteiger partial charge >= 0.3 is 0 Å². The first-order chi connectivity index (χ1) is 10.3. The summed E-state index contributed by atoms with van der Waals surface area (Å²) < 4.78 is 0. The van der Waals surface area contributed by atoms with Crippen LogP contribution >= 0.6 is 0 Å². The summed E-state index contributed by atoms with van der Waals surface area (Å²) in [5.74, 6) is 0. The molecule has 0 spiro atoms. The highest BCUT2D eigenvalue weighted by atomic mass is 15.1. The topological polar surface area (TPSA) is 28.2 Å². The molecule has 3 rings (SSSR count). The van der Waals surface area contributed by atoms with Gasteiger partial charge in [-0.05, 0) is 43.1 Å². The van der Waals surface area contributed by atoms with Crippen molar-refractivity contribution in [3.63, 3.8) is 0 Å². The average molecular weight is 281 g/mol. The molecular weight excluding hydrogens is 258 g/mol. The summed E-state index contributed by atoms with van der Waals surface area (Å²) in [5.41, 5.74) is 5.27. The predicted octanol–water partition coefficient (Wildman–Crippen LogP) is 3.31. The average Bonchev–Trinajstić information content (AvgIpc) is 2.56. The molecule has 2 heterocycles. The molecule has 1 aliphatic heterocycles. The third-order valence-corrected chi connectivity index (χ3v) is 4.38. The molecule has 1 aromatic carbocycles. The molecule has 0 radical (unpaired) electrons. The first-order valence-electron chi connectivity index (χ1n) is 7.76. The minimum Gasteiger partial charge on any atom is -0.366 e. The second-order valence-electron chi connectivity index (χ2n) is 5.63.